The molecule has 0 aliphatic heterocycles. The van der Waals surface area contributed by atoms with Crippen molar-refractivity contribution in [2.24, 2.45) is 0 Å². The van der Waals surface area contributed by atoms with Gasteiger partial charge in [0.15, 0.2) is 11.5 Å². The minimum atomic E-state index is 0.0831. The maximum atomic E-state index is 11.4. The van der Waals surface area contributed by atoms with Gasteiger partial charge in [-0.1, -0.05) is 12.1 Å². The summed E-state index contributed by atoms with van der Waals surface area (Å²) in [7, 11) is 3.47. The molecule has 0 aliphatic rings. The van der Waals surface area contributed by atoms with Gasteiger partial charge in [0, 0.05) is 39.2 Å². The van der Waals surface area contributed by atoms with Gasteiger partial charge in [0.25, 0.3) is 0 Å². The van der Waals surface area contributed by atoms with Crippen molar-refractivity contribution in [3.8, 4) is 11.5 Å². The molecule has 5 nitrogen and oxygen atoms in total. The zero-order valence-electron chi connectivity index (χ0n) is 11.8. The van der Waals surface area contributed by atoms with E-state index in [1.165, 1.54) is 0 Å². The second kappa shape index (κ2) is 7.63. The van der Waals surface area contributed by atoms with E-state index >= 15 is 0 Å². The average Bonchev–Trinajstić information content (AvgIpc) is 2.38. The number of phenols is 1. The van der Waals surface area contributed by atoms with Crippen LogP contribution in [-0.2, 0) is 11.3 Å². The normalized spacial score (nSPS) is 10.3. The molecule has 1 aromatic rings. The first-order valence-electron chi connectivity index (χ1n) is 6.40. The average molecular weight is 266 g/mol. The summed E-state index contributed by atoms with van der Waals surface area (Å²) < 4.78 is 5.31. The summed E-state index contributed by atoms with van der Waals surface area (Å²) in [5.74, 6) is 0.738. The molecule has 1 aromatic carbocycles. The van der Waals surface area contributed by atoms with E-state index in [2.05, 4.69) is 5.32 Å². The van der Waals surface area contributed by atoms with Gasteiger partial charge in [0.05, 0.1) is 6.61 Å². The van der Waals surface area contributed by atoms with Gasteiger partial charge in [-0.2, -0.15) is 0 Å². The van der Waals surface area contributed by atoms with Crippen molar-refractivity contribution in [3.63, 3.8) is 0 Å². The molecule has 19 heavy (non-hydrogen) atoms. The molecule has 0 bridgehead atoms. The summed E-state index contributed by atoms with van der Waals surface area (Å²) in [5.41, 5.74) is 0.767. The number of carbonyl (C=O) groups excluding carboxylic acids is 1. The Morgan fingerprint density at radius 1 is 1.42 bits per heavy atom. The third kappa shape index (κ3) is 4.79. The molecule has 5 heteroatoms. The number of carbonyl (C=O) groups is 1. The molecule has 0 saturated heterocycles. The van der Waals surface area contributed by atoms with Crippen LogP contribution in [0.2, 0.25) is 0 Å². The Hall–Kier alpha value is -1.75. The van der Waals surface area contributed by atoms with Gasteiger partial charge in [-0.25, -0.2) is 0 Å². The summed E-state index contributed by atoms with van der Waals surface area (Å²) in [5, 5.41) is 13.1. The van der Waals surface area contributed by atoms with E-state index in [0.717, 1.165) is 5.56 Å². The minimum Gasteiger partial charge on any atom is -0.504 e. The minimum absolute atomic E-state index is 0.0831. The molecule has 0 aromatic heterocycles. The summed E-state index contributed by atoms with van der Waals surface area (Å²) in [4.78, 5) is 12.9. The predicted molar refractivity (Wildman–Crippen MR) is 74.3 cm³/mol. The van der Waals surface area contributed by atoms with Gasteiger partial charge < -0.3 is 20.1 Å². The number of ether oxygens (including phenoxy) is 1. The molecule has 0 unspecified atom stereocenters. The third-order valence-corrected chi connectivity index (χ3v) is 2.71. The summed E-state index contributed by atoms with van der Waals surface area (Å²) in [6, 6.07) is 5.41. The predicted octanol–water partition coefficient (Wildman–Crippen LogP) is 1.36. The van der Waals surface area contributed by atoms with Gasteiger partial charge in [-0.3, -0.25) is 4.79 Å². The monoisotopic (exact) mass is 266 g/mol. The largest absolute Gasteiger partial charge is 0.504 e. The Kier molecular flexibility index (Phi) is 6.15. The van der Waals surface area contributed by atoms with Crippen LogP contribution in [0, 0.1) is 0 Å². The lowest BCUT2D eigenvalue weighted by Gasteiger charge is -2.12. The number of nitrogens with one attached hydrogen (secondary N) is 1. The lowest BCUT2D eigenvalue weighted by molar-refractivity contribution is -0.128. The van der Waals surface area contributed by atoms with Crippen molar-refractivity contribution in [1.29, 1.82) is 0 Å². The van der Waals surface area contributed by atoms with E-state index in [1.54, 1.807) is 25.1 Å². The van der Waals surface area contributed by atoms with Crippen LogP contribution in [0.15, 0.2) is 18.2 Å². The Bertz CT molecular complexity index is 419. The highest BCUT2D eigenvalue weighted by Gasteiger charge is 2.08. The molecule has 0 atom stereocenters. The number of hydrogen-bond donors (Lipinski definition) is 2. The van der Waals surface area contributed by atoms with Crippen LogP contribution in [-0.4, -0.2) is 43.2 Å². The molecule has 2 N–H and O–H groups in total. The van der Waals surface area contributed by atoms with Crippen LogP contribution >= 0.6 is 0 Å². The highest BCUT2D eigenvalue weighted by molar-refractivity contribution is 5.75. The van der Waals surface area contributed by atoms with E-state index in [4.69, 9.17) is 4.74 Å². The lowest BCUT2D eigenvalue weighted by atomic mass is 10.2. The molecule has 0 aliphatic carbocycles. The van der Waals surface area contributed by atoms with Gasteiger partial charge in [-0.15, -0.1) is 0 Å². The van der Waals surface area contributed by atoms with E-state index in [1.807, 2.05) is 19.1 Å². The van der Waals surface area contributed by atoms with Crippen LogP contribution in [0.25, 0.3) is 0 Å². The van der Waals surface area contributed by atoms with Gasteiger partial charge in [-0.05, 0) is 13.0 Å². The SMILES string of the molecule is CCOc1cccc(CNCCC(=O)N(C)C)c1O. The number of phenolic OH excluding ortho intramolecular Hbond substituents is 1. The van der Waals surface area contributed by atoms with Crippen LogP contribution in [0.3, 0.4) is 0 Å². The van der Waals surface area contributed by atoms with Gasteiger partial charge in [0.2, 0.25) is 5.91 Å². The molecule has 0 spiro atoms. The molecule has 0 saturated carbocycles. The van der Waals surface area contributed by atoms with Crippen molar-refractivity contribution < 1.29 is 14.6 Å². The first kappa shape index (κ1) is 15.3. The number of nitrogens with zero attached hydrogens (tertiary/aromatic N) is 1. The molecule has 0 fully saturated rings. The maximum Gasteiger partial charge on any atom is 0.223 e. The standard InChI is InChI=1S/C14H22N2O3/c1-4-19-12-7-5-6-11(14(12)18)10-15-9-8-13(17)16(2)3/h5-7,15,18H,4,8-10H2,1-3H3. The summed E-state index contributed by atoms with van der Waals surface area (Å²) in [6.07, 6.45) is 0.443. The van der Waals surface area contributed by atoms with E-state index < -0.39 is 0 Å². The Balaban J connectivity index is 2.45. The fourth-order valence-corrected chi connectivity index (χ4v) is 1.62. The molecule has 1 amide bonds. The molecule has 0 radical (unpaired) electrons. The number of hydrogen-bond acceptors (Lipinski definition) is 4. The van der Waals surface area contributed by atoms with Crippen LogP contribution < -0.4 is 10.1 Å². The van der Waals surface area contributed by atoms with Crippen molar-refractivity contribution in [1.82, 2.24) is 10.2 Å². The third-order valence-electron chi connectivity index (χ3n) is 2.71. The fraction of sp³-hybridized carbons (Fsp3) is 0.500. The van der Waals surface area contributed by atoms with Crippen LogP contribution in [0.1, 0.15) is 18.9 Å². The highest BCUT2D eigenvalue weighted by Crippen LogP contribution is 2.29. The second-order valence-corrected chi connectivity index (χ2v) is 4.41. The summed E-state index contributed by atoms with van der Waals surface area (Å²) in [6.45, 7) is 3.47. The van der Waals surface area contributed by atoms with Crippen molar-refractivity contribution in [3.05, 3.63) is 23.8 Å². The van der Waals surface area contributed by atoms with Gasteiger partial charge in [0.1, 0.15) is 0 Å². The summed E-state index contributed by atoms with van der Waals surface area (Å²) >= 11 is 0. The highest BCUT2D eigenvalue weighted by atomic mass is 16.5. The number of para-hydroxylation sites is 1. The number of aromatic hydroxyl groups is 1. The zero-order chi connectivity index (χ0) is 14.3. The zero-order valence-corrected chi connectivity index (χ0v) is 11.8. The first-order chi connectivity index (χ1) is 9.06. The molecular weight excluding hydrogens is 244 g/mol. The maximum absolute atomic E-state index is 11.4. The van der Waals surface area contributed by atoms with E-state index in [9.17, 15) is 9.90 Å². The molecule has 0 heterocycles. The second-order valence-electron chi connectivity index (χ2n) is 4.41. The van der Waals surface area contributed by atoms with E-state index in [0.29, 0.717) is 31.9 Å². The van der Waals surface area contributed by atoms with Crippen molar-refractivity contribution in [2.45, 2.75) is 19.9 Å². The Morgan fingerprint density at radius 3 is 2.79 bits per heavy atom. The topological polar surface area (TPSA) is 61.8 Å². The number of rotatable bonds is 7. The smallest absolute Gasteiger partial charge is 0.223 e. The van der Waals surface area contributed by atoms with E-state index in [-0.39, 0.29) is 11.7 Å². The van der Waals surface area contributed by atoms with Crippen LogP contribution in [0.4, 0.5) is 0 Å². The lowest BCUT2D eigenvalue weighted by Crippen LogP contribution is -2.26. The quantitative estimate of drug-likeness (QED) is 0.732. The molecule has 1 rings (SSSR count). The fourth-order valence-electron chi connectivity index (χ4n) is 1.62. The van der Waals surface area contributed by atoms with Crippen LogP contribution in [0.5, 0.6) is 11.5 Å². The Morgan fingerprint density at radius 2 is 2.16 bits per heavy atom. The Labute approximate surface area is 114 Å². The molecular formula is C14H22N2O3. The first-order valence-corrected chi connectivity index (χ1v) is 6.40. The van der Waals surface area contributed by atoms with Crippen molar-refractivity contribution in [2.75, 3.05) is 27.2 Å². The number of benzene rings is 1. The van der Waals surface area contributed by atoms with Crippen molar-refractivity contribution >= 4 is 5.91 Å². The molecule has 106 valence electrons. The number of amides is 1. The van der Waals surface area contributed by atoms with Gasteiger partial charge >= 0.3 is 0 Å².